The zero-order chi connectivity index (χ0) is 14.2. The van der Waals surface area contributed by atoms with E-state index in [4.69, 9.17) is 4.74 Å². The molecule has 0 spiro atoms. The molecule has 0 saturated carbocycles. The Kier molecular flexibility index (Phi) is 6.96. The van der Waals surface area contributed by atoms with Gasteiger partial charge in [-0.2, -0.15) is 0 Å². The second kappa shape index (κ2) is 8.74. The average molecular weight is 300 g/mol. The standard InChI is InChI=1S/C15H26N2O2S/c1-2-5-16-6-8-17(9-7-16)11-14(18)12-19-13-15-4-3-10-20-15/h3-4,10,14,18H,2,5-9,11-13H2,1H3/p+2/t14-/m1/s1. The predicted octanol–water partition coefficient (Wildman–Crippen LogP) is -1.18. The van der Waals surface area contributed by atoms with E-state index in [-0.39, 0.29) is 6.10 Å². The minimum Gasteiger partial charge on any atom is -0.385 e. The van der Waals surface area contributed by atoms with Crippen LogP contribution in [0.5, 0.6) is 0 Å². The molecule has 0 aromatic carbocycles. The van der Waals surface area contributed by atoms with Crippen molar-refractivity contribution in [3.63, 3.8) is 0 Å². The Morgan fingerprint density at radius 3 is 2.70 bits per heavy atom. The van der Waals surface area contributed by atoms with Gasteiger partial charge in [-0.05, 0) is 17.9 Å². The molecule has 5 heteroatoms. The normalized spacial score (nSPS) is 24.7. The van der Waals surface area contributed by atoms with E-state index >= 15 is 0 Å². The van der Waals surface area contributed by atoms with Crippen LogP contribution in [0.3, 0.4) is 0 Å². The minimum absolute atomic E-state index is 0.335. The van der Waals surface area contributed by atoms with Crippen molar-refractivity contribution in [1.82, 2.24) is 0 Å². The lowest BCUT2D eigenvalue weighted by Crippen LogP contribution is -3.28. The average Bonchev–Trinajstić information content (AvgIpc) is 2.94. The summed E-state index contributed by atoms with van der Waals surface area (Å²) in [6.45, 7) is 10.3. The summed E-state index contributed by atoms with van der Waals surface area (Å²) >= 11 is 1.70. The SMILES string of the molecule is CCC[NH+]1CC[NH+](C[C@@H](O)COCc2cccs2)CC1. The van der Waals surface area contributed by atoms with Gasteiger partial charge in [0.25, 0.3) is 0 Å². The van der Waals surface area contributed by atoms with Crippen LogP contribution < -0.4 is 9.80 Å². The first-order chi connectivity index (χ1) is 9.78. The number of thiophene rings is 1. The summed E-state index contributed by atoms with van der Waals surface area (Å²) < 4.78 is 5.58. The van der Waals surface area contributed by atoms with Gasteiger partial charge < -0.3 is 19.6 Å². The van der Waals surface area contributed by atoms with Crippen LogP contribution in [0.1, 0.15) is 18.2 Å². The second-order valence-corrected chi connectivity index (χ2v) is 6.73. The maximum Gasteiger partial charge on any atom is 0.127 e. The first-order valence-corrected chi connectivity index (χ1v) is 8.61. The highest BCUT2D eigenvalue weighted by molar-refractivity contribution is 7.09. The molecule has 0 bridgehead atoms. The van der Waals surface area contributed by atoms with Crippen molar-refractivity contribution in [2.45, 2.75) is 26.1 Å². The van der Waals surface area contributed by atoms with Crippen molar-refractivity contribution in [3.05, 3.63) is 22.4 Å². The highest BCUT2D eigenvalue weighted by atomic mass is 32.1. The molecule has 2 heterocycles. The number of aliphatic hydroxyl groups excluding tert-OH is 1. The Balaban J connectivity index is 1.57. The summed E-state index contributed by atoms with van der Waals surface area (Å²) in [7, 11) is 0. The molecule has 1 atom stereocenters. The molecule has 20 heavy (non-hydrogen) atoms. The number of ether oxygens (including phenoxy) is 1. The van der Waals surface area contributed by atoms with Gasteiger partial charge in [0.1, 0.15) is 38.8 Å². The van der Waals surface area contributed by atoms with Crippen molar-refractivity contribution in [2.75, 3.05) is 45.9 Å². The molecule has 1 aliphatic rings. The van der Waals surface area contributed by atoms with E-state index in [0.717, 1.165) is 6.54 Å². The van der Waals surface area contributed by atoms with E-state index in [0.29, 0.717) is 13.2 Å². The van der Waals surface area contributed by atoms with Gasteiger partial charge in [0.15, 0.2) is 0 Å². The van der Waals surface area contributed by atoms with E-state index < -0.39 is 0 Å². The number of nitrogens with one attached hydrogen (secondary N) is 2. The quantitative estimate of drug-likeness (QED) is 0.565. The third-order valence-electron chi connectivity index (χ3n) is 3.93. The lowest BCUT2D eigenvalue weighted by atomic mass is 10.2. The summed E-state index contributed by atoms with van der Waals surface area (Å²) in [5.41, 5.74) is 0. The second-order valence-electron chi connectivity index (χ2n) is 5.70. The van der Waals surface area contributed by atoms with Crippen molar-refractivity contribution in [2.24, 2.45) is 0 Å². The van der Waals surface area contributed by atoms with Crippen molar-refractivity contribution >= 4 is 11.3 Å². The number of rotatable bonds is 8. The van der Waals surface area contributed by atoms with Gasteiger partial charge in [-0.25, -0.2) is 0 Å². The molecule has 114 valence electrons. The molecule has 0 unspecified atom stereocenters. The van der Waals surface area contributed by atoms with Gasteiger partial charge in [0.2, 0.25) is 0 Å². The Bertz CT molecular complexity index is 351. The lowest BCUT2D eigenvalue weighted by molar-refractivity contribution is -1.01. The predicted molar refractivity (Wildman–Crippen MR) is 81.4 cm³/mol. The molecule has 3 N–H and O–H groups in total. The molecular weight excluding hydrogens is 272 g/mol. The van der Waals surface area contributed by atoms with Gasteiger partial charge in [0.05, 0.1) is 19.8 Å². The molecular formula is C15H28N2O2S+2. The molecule has 0 amide bonds. The maximum atomic E-state index is 10.1. The van der Waals surface area contributed by atoms with Crippen molar-refractivity contribution in [3.8, 4) is 0 Å². The van der Waals surface area contributed by atoms with Crippen LogP contribution in [0.25, 0.3) is 0 Å². The van der Waals surface area contributed by atoms with Crippen LogP contribution in [0.4, 0.5) is 0 Å². The molecule has 0 aliphatic carbocycles. The first-order valence-electron chi connectivity index (χ1n) is 7.73. The third kappa shape index (κ3) is 5.50. The number of hydrogen-bond acceptors (Lipinski definition) is 3. The van der Waals surface area contributed by atoms with E-state index in [9.17, 15) is 5.11 Å². The number of piperazine rings is 1. The van der Waals surface area contributed by atoms with Gasteiger partial charge in [-0.15, -0.1) is 11.3 Å². The Morgan fingerprint density at radius 2 is 2.05 bits per heavy atom. The van der Waals surface area contributed by atoms with E-state index in [2.05, 4.69) is 18.4 Å². The van der Waals surface area contributed by atoms with Crippen molar-refractivity contribution < 1.29 is 19.6 Å². The van der Waals surface area contributed by atoms with Crippen LogP contribution in [0.2, 0.25) is 0 Å². The fraction of sp³-hybridized carbons (Fsp3) is 0.733. The van der Waals surface area contributed by atoms with Crippen LogP contribution in [0, 0.1) is 0 Å². The van der Waals surface area contributed by atoms with Gasteiger partial charge in [-0.1, -0.05) is 13.0 Å². The molecule has 2 rings (SSSR count). The molecule has 1 fully saturated rings. The highest BCUT2D eigenvalue weighted by Gasteiger charge is 2.24. The topological polar surface area (TPSA) is 38.3 Å². The Hall–Kier alpha value is -0.460. The summed E-state index contributed by atoms with van der Waals surface area (Å²) in [5.74, 6) is 0. The Morgan fingerprint density at radius 1 is 1.30 bits per heavy atom. The van der Waals surface area contributed by atoms with E-state index in [1.54, 1.807) is 16.2 Å². The fourth-order valence-corrected chi connectivity index (χ4v) is 3.49. The number of quaternary nitrogens is 2. The number of hydrogen-bond donors (Lipinski definition) is 3. The minimum atomic E-state index is -0.335. The summed E-state index contributed by atoms with van der Waals surface area (Å²) in [5, 5.41) is 12.1. The highest BCUT2D eigenvalue weighted by Crippen LogP contribution is 2.09. The van der Waals surface area contributed by atoms with Gasteiger partial charge in [0, 0.05) is 4.88 Å². The van der Waals surface area contributed by atoms with Gasteiger partial charge in [-0.3, -0.25) is 0 Å². The molecule has 1 aromatic rings. The van der Waals surface area contributed by atoms with Crippen LogP contribution in [-0.4, -0.2) is 57.1 Å². The maximum absolute atomic E-state index is 10.1. The van der Waals surface area contributed by atoms with Crippen LogP contribution >= 0.6 is 11.3 Å². The fourth-order valence-electron chi connectivity index (χ4n) is 2.85. The molecule has 0 radical (unpaired) electrons. The summed E-state index contributed by atoms with van der Waals surface area (Å²) in [6.07, 6.45) is 0.932. The first kappa shape index (κ1) is 15.9. The number of aliphatic hydroxyl groups is 1. The lowest BCUT2D eigenvalue weighted by Gasteiger charge is -2.30. The molecule has 1 saturated heterocycles. The monoisotopic (exact) mass is 300 g/mol. The summed E-state index contributed by atoms with van der Waals surface area (Å²) in [4.78, 5) is 4.47. The third-order valence-corrected chi connectivity index (χ3v) is 4.78. The molecule has 1 aliphatic heterocycles. The Labute approximate surface area is 126 Å². The van der Waals surface area contributed by atoms with E-state index in [1.165, 1.54) is 48.9 Å². The smallest absolute Gasteiger partial charge is 0.127 e. The van der Waals surface area contributed by atoms with Gasteiger partial charge >= 0.3 is 0 Å². The van der Waals surface area contributed by atoms with Crippen molar-refractivity contribution in [1.29, 1.82) is 0 Å². The zero-order valence-electron chi connectivity index (χ0n) is 12.4. The zero-order valence-corrected chi connectivity index (χ0v) is 13.3. The summed E-state index contributed by atoms with van der Waals surface area (Å²) in [6, 6.07) is 4.10. The van der Waals surface area contributed by atoms with E-state index in [1.807, 2.05) is 6.07 Å². The van der Waals surface area contributed by atoms with Crippen LogP contribution in [-0.2, 0) is 11.3 Å². The molecule has 1 aromatic heterocycles. The molecule has 4 nitrogen and oxygen atoms in total. The largest absolute Gasteiger partial charge is 0.385 e. The van der Waals surface area contributed by atoms with Crippen LogP contribution in [0.15, 0.2) is 17.5 Å².